The quantitative estimate of drug-likeness (QED) is 0.571. The molecule has 0 aromatic carbocycles. The van der Waals surface area contributed by atoms with Crippen LogP contribution in [0.25, 0.3) is 0 Å². The zero-order valence-corrected chi connectivity index (χ0v) is 6.09. The second-order valence-electron chi connectivity index (χ2n) is 1.81. The Morgan fingerprint density at radius 2 is 2.30 bits per heavy atom. The number of hydrogen-bond acceptors (Lipinski definition) is 1. The Balaban J connectivity index is 3.34. The van der Waals surface area contributed by atoms with E-state index >= 15 is 0 Å². The minimum absolute atomic E-state index is 0.183. The van der Waals surface area contributed by atoms with E-state index in [4.69, 9.17) is 0 Å². The number of nitrogens with one attached hydrogen (secondary N) is 1. The lowest BCUT2D eigenvalue weighted by atomic mass is 10.4. The number of carbonyl (C=O) groups excluding carboxylic acids is 1. The van der Waals surface area contributed by atoms with E-state index in [9.17, 15) is 9.90 Å². The van der Waals surface area contributed by atoms with Gasteiger partial charge >= 0.3 is 0 Å². The summed E-state index contributed by atoms with van der Waals surface area (Å²) in [6.07, 6.45) is 4.03. The van der Waals surface area contributed by atoms with Gasteiger partial charge in [0.25, 0.3) is 0 Å². The molecule has 1 N–H and O–H groups in total. The minimum Gasteiger partial charge on any atom is -0.350 e. The molecule has 0 heterocycles. The van der Waals surface area contributed by atoms with Gasteiger partial charge in [-0.25, -0.2) is 5.11 Å². The fraction of sp³-hybridized carbons (Fsp3) is 0.571. The summed E-state index contributed by atoms with van der Waals surface area (Å²) in [5.74, 6) is -0.183. The van der Waals surface area contributed by atoms with Crippen LogP contribution in [0.1, 0.15) is 13.3 Å². The number of amides is 1. The molecule has 3 heteroatoms. The fourth-order valence-corrected chi connectivity index (χ4v) is 0.458. The molecule has 1 radical (unpaired) electrons. The van der Waals surface area contributed by atoms with Crippen molar-refractivity contribution in [2.45, 2.75) is 13.3 Å². The summed E-state index contributed by atoms with van der Waals surface area (Å²) in [6, 6.07) is 0. The highest BCUT2D eigenvalue weighted by Crippen LogP contribution is 1.78. The van der Waals surface area contributed by atoms with Crippen molar-refractivity contribution in [1.82, 2.24) is 5.32 Å². The third-order valence-electron chi connectivity index (χ3n) is 0.906. The Bertz CT molecular complexity index is 121. The standard InChI is InChI=1S/C7H12NO2/c1-2-3-4-7(10)8-5-6-9/h3-4H,2,5-6H2,1H3,(H,8,10)/b4-3+. The van der Waals surface area contributed by atoms with Gasteiger partial charge in [-0.2, -0.15) is 0 Å². The Hall–Kier alpha value is -0.830. The van der Waals surface area contributed by atoms with Gasteiger partial charge in [-0.1, -0.05) is 13.0 Å². The zero-order valence-electron chi connectivity index (χ0n) is 6.09. The maximum absolute atomic E-state index is 10.6. The van der Waals surface area contributed by atoms with Crippen LogP contribution in [-0.2, 0) is 9.90 Å². The van der Waals surface area contributed by atoms with Gasteiger partial charge in [0, 0.05) is 6.54 Å². The highest BCUT2D eigenvalue weighted by atomic mass is 16.3. The van der Waals surface area contributed by atoms with Crippen molar-refractivity contribution in [3.63, 3.8) is 0 Å². The molecule has 0 aliphatic carbocycles. The van der Waals surface area contributed by atoms with Gasteiger partial charge in [0.2, 0.25) is 5.91 Å². The van der Waals surface area contributed by atoms with Crippen LogP contribution in [0.15, 0.2) is 12.2 Å². The molecule has 0 fully saturated rings. The summed E-state index contributed by atoms with van der Waals surface area (Å²) < 4.78 is 0. The van der Waals surface area contributed by atoms with Crippen LogP contribution >= 0.6 is 0 Å². The first-order valence-electron chi connectivity index (χ1n) is 3.33. The van der Waals surface area contributed by atoms with Crippen LogP contribution in [0.2, 0.25) is 0 Å². The lowest BCUT2D eigenvalue weighted by molar-refractivity contribution is -0.116. The highest BCUT2D eigenvalue weighted by Gasteiger charge is 1.90. The van der Waals surface area contributed by atoms with Crippen LogP contribution in [0, 0.1) is 0 Å². The van der Waals surface area contributed by atoms with E-state index < -0.39 is 0 Å². The predicted octanol–water partition coefficient (Wildman–Crippen LogP) is 0.499. The van der Waals surface area contributed by atoms with E-state index in [0.717, 1.165) is 6.42 Å². The number of allylic oxidation sites excluding steroid dienone is 1. The van der Waals surface area contributed by atoms with Gasteiger partial charge < -0.3 is 5.32 Å². The first kappa shape index (κ1) is 9.17. The summed E-state index contributed by atoms with van der Waals surface area (Å²) in [4.78, 5) is 10.6. The van der Waals surface area contributed by atoms with Gasteiger partial charge in [0.05, 0.1) is 6.61 Å². The van der Waals surface area contributed by atoms with Crippen molar-refractivity contribution in [1.29, 1.82) is 0 Å². The van der Waals surface area contributed by atoms with Crippen molar-refractivity contribution in [3.05, 3.63) is 12.2 Å². The Labute approximate surface area is 60.7 Å². The largest absolute Gasteiger partial charge is 0.350 e. The Morgan fingerprint density at radius 3 is 2.80 bits per heavy atom. The molecule has 3 nitrogen and oxygen atoms in total. The molecule has 57 valence electrons. The second kappa shape index (κ2) is 6.29. The van der Waals surface area contributed by atoms with Gasteiger partial charge in [-0.3, -0.25) is 4.79 Å². The molecule has 0 unspecified atom stereocenters. The molecule has 0 rings (SSSR count). The number of rotatable bonds is 4. The summed E-state index contributed by atoms with van der Waals surface area (Å²) in [5, 5.41) is 12.3. The van der Waals surface area contributed by atoms with E-state index in [1.165, 1.54) is 6.08 Å². The molecule has 10 heavy (non-hydrogen) atoms. The van der Waals surface area contributed by atoms with Gasteiger partial charge in [0.1, 0.15) is 0 Å². The second-order valence-corrected chi connectivity index (χ2v) is 1.81. The summed E-state index contributed by atoms with van der Waals surface area (Å²) >= 11 is 0. The maximum atomic E-state index is 10.6. The zero-order chi connectivity index (χ0) is 7.82. The molecule has 0 bridgehead atoms. The molecule has 0 atom stereocenters. The topological polar surface area (TPSA) is 49.0 Å². The molecule has 0 aromatic heterocycles. The fourth-order valence-electron chi connectivity index (χ4n) is 0.458. The van der Waals surface area contributed by atoms with E-state index in [0.29, 0.717) is 0 Å². The van der Waals surface area contributed by atoms with Crippen molar-refractivity contribution >= 4 is 5.91 Å². The van der Waals surface area contributed by atoms with Gasteiger partial charge in [-0.15, -0.1) is 0 Å². The molecule has 0 saturated carbocycles. The summed E-state index contributed by atoms with van der Waals surface area (Å²) in [7, 11) is 0. The first-order chi connectivity index (χ1) is 4.81. The lowest BCUT2D eigenvalue weighted by Crippen LogP contribution is -2.23. The monoisotopic (exact) mass is 142 g/mol. The summed E-state index contributed by atoms with van der Waals surface area (Å²) in [5.41, 5.74) is 0. The molecule has 0 saturated heterocycles. The average molecular weight is 142 g/mol. The van der Waals surface area contributed by atoms with Gasteiger partial charge in [-0.05, 0) is 12.5 Å². The minimum atomic E-state index is -0.258. The third-order valence-corrected chi connectivity index (χ3v) is 0.906. The molecule has 1 amide bonds. The van der Waals surface area contributed by atoms with E-state index in [1.807, 2.05) is 6.92 Å². The number of carbonyl (C=O) groups is 1. The molecule has 0 spiro atoms. The van der Waals surface area contributed by atoms with Crippen LogP contribution < -0.4 is 5.32 Å². The van der Waals surface area contributed by atoms with E-state index in [1.54, 1.807) is 6.08 Å². The maximum Gasteiger partial charge on any atom is 0.243 e. The number of hydrogen-bond donors (Lipinski definition) is 1. The van der Waals surface area contributed by atoms with Crippen molar-refractivity contribution in [2.75, 3.05) is 13.2 Å². The van der Waals surface area contributed by atoms with Crippen LogP contribution in [0.4, 0.5) is 0 Å². The highest BCUT2D eigenvalue weighted by molar-refractivity contribution is 5.87. The van der Waals surface area contributed by atoms with Crippen molar-refractivity contribution in [2.24, 2.45) is 0 Å². The van der Waals surface area contributed by atoms with E-state index in [-0.39, 0.29) is 19.1 Å². The Morgan fingerprint density at radius 1 is 1.60 bits per heavy atom. The van der Waals surface area contributed by atoms with Crippen LogP contribution in [0.3, 0.4) is 0 Å². The van der Waals surface area contributed by atoms with Crippen molar-refractivity contribution in [3.8, 4) is 0 Å². The molecule has 0 aromatic rings. The molecular formula is C7H12NO2. The first-order valence-corrected chi connectivity index (χ1v) is 3.33. The van der Waals surface area contributed by atoms with Crippen LogP contribution in [-0.4, -0.2) is 19.1 Å². The third kappa shape index (κ3) is 5.31. The van der Waals surface area contributed by atoms with E-state index in [2.05, 4.69) is 5.32 Å². The SMILES string of the molecule is CC/C=C/C(=O)NCC[O]. The Kier molecular flexibility index (Phi) is 5.77. The van der Waals surface area contributed by atoms with Crippen molar-refractivity contribution < 1.29 is 9.90 Å². The van der Waals surface area contributed by atoms with Crippen LogP contribution in [0.5, 0.6) is 0 Å². The average Bonchev–Trinajstić information content (AvgIpc) is 1.97. The molecular weight excluding hydrogens is 130 g/mol. The predicted molar refractivity (Wildman–Crippen MR) is 38.0 cm³/mol. The molecule has 0 aliphatic heterocycles. The smallest absolute Gasteiger partial charge is 0.243 e. The van der Waals surface area contributed by atoms with Gasteiger partial charge in [0.15, 0.2) is 0 Å². The normalized spacial score (nSPS) is 10.2. The summed E-state index contributed by atoms with van der Waals surface area (Å²) in [6.45, 7) is 1.90. The molecule has 0 aliphatic rings. The lowest BCUT2D eigenvalue weighted by Gasteiger charge is -1.94.